The van der Waals surface area contributed by atoms with Gasteiger partial charge in [-0.2, -0.15) is 0 Å². The molecule has 1 aromatic rings. The van der Waals surface area contributed by atoms with Crippen LogP contribution in [-0.4, -0.2) is 28.4 Å². The maximum atomic E-state index is 10.5. The van der Waals surface area contributed by atoms with Crippen molar-refractivity contribution in [2.24, 2.45) is 0 Å². The Morgan fingerprint density at radius 3 is 2.17 bits per heavy atom. The molecule has 29 heavy (non-hydrogen) atoms. The molecule has 0 aliphatic heterocycles. The molecule has 0 radical (unpaired) electrons. The van der Waals surface area contributed by atoms with Crippen molar-refractivity contribution in [3.63, 3.8) is 0 Å². The van der Waals surface area contributed by atoms with Crippen molar-refractivity contribution in [1.82, 2.24) is 0 Å². The number of rotatable bonds is 19. The van der Waals surface area contributed by atoms with Gasteiger partial charge in [0.15, 0.2) is 0 Å². The van der Waals surface area contributed by atoms with Crippen LogP contribution in [0.1, 0.15) is 102 Å². The van der Waals surface area contributed by atoms with Crippen LogP contribution in [0, 0.1) is 0 Å². The molecule has 0 saturated heterocycles. The number of aliphatic carboxylic acids is 1. The van der Waals surface area contributed by atoms with Crippen molar-refractivity contribution in [3.8, 4) is 0 Å². The predicted octanol–water partition coefficient (Wildman–Crippen LogP) is 6.50. The fourth-order valence-electron chi connectivity index (χ4n) is 3.64. The number of benzene rings is 1. The molecule has 0 fully saturated rings. The molecule has 0 aliphatic rings. The van der Waals surface area contributed by atoms with Crippen LogP contribution in [0.25, 0.3) is 0 Å². The van der Waals surface area contributed by atoms with Crippen LogP contribution in [0.2, 0.25) is 0 Å². The van der Waals surface area contributed by atoms with E-state index < -0.39 is 5.97 Å². The third kappa shape index (κ3) is 15.2. The molecule has 2 N–H and O–H groups in total. The number of aliphatic hydroxyl groups excluding tert-OH is 1. The number of hydrogen-bond donors (Lipinski definition) is 2. The second-order valence-electron chi connectivity index (χ2n) is 8.21. The van der Waals surface area contributed by atoms with Gasteiger partial charge in [-0.05, 0) is 31.2 Å². The summed E-state index contributed by atoms with van der Waals surface area (Å²) in [5, 5.41) is 19.0. The van der Waals surface area contributed by atoms with Crippen molar-refractivity contribution in [1.29, 1.82) is 0 Å². The highest BCUT2D eigenvalue weighted by Crippen LogP contribution is 2.18. The van der Waals surface area contributed by atoms with Crippen LogP contribution in [0.15, 0.2) is 30.3 Å². The fraction of sp³-hybridized carbons (Fsp3) is 0.720. The Bertz CT molecular complexity index is 503. The Balaban J connectivity index is 2.25. The average molecular weight is 407 g/mol. The summed E-state index contributed by atoms with van der Waals surface area (Å²) in [5.41, 5.74) is 1.18. The molecular formula is C25H42O4. The fourth-order valence-corrected chi connectivity index (χ4v) is 3.64. The number of carbonyl (C=O) groups is 1. The lowest BCUT2D eigenvalue weighted by Crippen LogP contribution is -2.21. The van der Waals surface area contributed by atoms with E-state index in [4.69, 9.17) is 9.84 Å². The summed E-state index contributed by atoms with van der Waals surface area (Å²) in [6.07, 6.45) is 13.8. The van der Waals surface area contributed by atoms with E-state index in [1.54, 1.807) is 0 Å². The molecular weight excluding hydrogens is 364 g/mol. The maximum absolute atomic E-state index is 10.5. The van der Waals surface area contributed by atoms with Crippen molar-refractivity contribution in [3.05, 3.63) is 35.9 Å². The Kier molecular flexibility index (Phi) is 15.4. The topological polar surface area (TPSA) is 66.8 Å². The van der Waals surface area contributed by atoms with Gasteiger partial charge >= 0.3 is 5.97 Å². The van der Waals surface area contributed by atoms with Crippen molar-refractivity contribution < 1.29 is 19.7 Å². The summed E-state index contributed by atoms with van der Waals surface area (Å²) in [7, 11) is 0. The zero-order valence-corrected chi connectivity index (χ0v) is 18.4. The minimum absolute atomic E-state index is 0.113. The van der Waals surface area contributed by atoms with Gasteiger partial charge in [-0.15, -0.1) is 0 Å². The zero-order chi connectivity index (χ0) is 21.2. The lowest BCUT2D eigenvalue weighted by atomic mass is 10.00. The number of ether oxygens (including phenoxy) is 1. The molecule has 0 heterocycles. The molecule has 1 rings (SSSR count). The van der Waals surface area contributed by atoms with E-state index >= 15 is 0 Å². The van der Waals surface area contributed by atoms with Gasteiger partial charge < -0.3 is 14.9 Å². The first-order chi connectivity index (χ1) is 14.1. The highest BCUT2D eigenvalue weighted by atomic mass is 16.5. The van der Waals surface area contributed by atoms with Gasteiger partial charge in [0.05, 0.1) is 18.8 Å². The molecule has 2 atom stereocenters. The molecule has 0 spiro atoms. The van der Waals surface area contributed by atoms with E-state index in [1.165, 1.54) is 37.7 Å². The minimum atomic E-state index is -0.691. The first kappa shape index (κ1) is 25.6. The van der Waals surface area contributed by atoms with Crippen LogP contribution < -0.4 is 0 Å². The smallest absolute Gasteiger partial charge is 0.303 e. The third-order valence-corrected chi connectivity index (χ3v) is 5.42. The monoisotopic (exact) mass is 406 g/mol. The van der Waals surface area contributed by atoms with Crippen molar-refractivity contribution in [2.45, 2.75) is 116 Å². The van der Waals surface area contributed by atoms with Crippen LogP contribution in [0.5, 0.6) is 0 Å². The molecule has 0 saturated carbocycles. The molecule has 166 valence electrons. The highest BCUT2D eigenvalue weighted by Gasteiger charge is 2.15. The summed E-state index contributed by atoms with van der Waals surface area (Å²) >= 11 is 0. The highest BCUT2D eigenvalue weighted by molar-refractivity contribution is 5.66. The normalized spacial score (nSPS) is 13.3. The van der Waals surface area contributed by atoms with E-state index in [1.807, 2.05) is 18.2 Å². The first-order valence-electron chi connectivity index (χ1n) is 11.7. The van der Waals surface area contributed by atoms with Crippen molar-refractivity contribution >= 4 is 5.97 Å². The standard InChI is InChI=1S/C25H42O4/c1-2-3-10-17-23(26)20-24(29-21-22-15-11-9-12-16-22)18-13-7-5-4-6-8-14-19-25(27)28/h9,11-12,15-16,23-24,26H,2-8,10,13-14,17-21H2,1H3,(H,27,28). The lowest BCUT2D eigenvalue weighted by Gasteiger charge is -2.21. The number of aliphatic hydroxyl groups is 1. The van der Waals surface area contributed by atoms with Gasteiger partial charge in [-0.1, -0.05) is 95.0 Å². The van der Waals surface area contributed by atoms with E-state index in [9.17, 15) is 9.90 Å². The Morgan fingerprint density at radius 2 is 1.52 bits per heavy atom. The zero-order valence-electron chi connectivity index (χ0n) is 18.4. The summed E-state index contributed by atoms with van der Waals surface area (Å²) in [5.74, 6) is -0.691. The van der Waals surface area contributed by atoms with E-state index in [-0.39, 0.29) is 12.2 Å². The van der Waals surface area contributed by atoms with Crippen molar-refractivity contribution in [2.75, 3.05) is 0 Å². The average Bonchev–Trinajstić information content (AvgIpc) is 2.71. The number of unbranched alkanes of at least 4 members (excludes halogenated alkanes) is 8. The Morgan fingerprint density at radius 1 is 0.897 bits per heavy atom. The van der Waals surface area contributed by atoms with Gasteiger partial charge in [0.2, 0.25) is 0 Å². The molecule has 0 aliphatic carbocycles. The first-order valence-corrected chi connectivity index (χ1v) is 11.7. The van der Waals surface area contributed by atoms with E-state index in [0.717, 1.165) is 51.4 Å². The van der Waals surface area contributed by atoms with Gasteiger partial charge in [0, 0.05) is 6.42 Å². The molecule has 1 aromatic carbocycles. The summed E-state index contributed by atoms with van der Waals surface area (Å²) in [4.78, 5) is 10.5. The lowest BCUT2D eigenvalue weighted by molar-refractivity contribution is -0.137. The summed E-state index contributed by atoms with van der Waals surface area (Å²) in [6, 6.07) is 10.2. The Labute approximate surface area is 177 Å². The third-order valence-electron chi connectivity index (χ3n) is 5.42. The van der Waals surface area contributed by atoms with Gasteiger partial charge in [0.1, 0.15) is 0 Å². The molecule has 0 bridgehead atoms. The molecule has 0 amide bonds. The van der Waals surface area contributed by atoms with Gasteiger partial charge in [-0.25, -0.2) is 0 Å². The number of carboxylic acids is 1. The van der Waals surface area contributed by atoms with Crippen LogP contribution in [0.4, 0.5) is 0 Å². The summed E-state index contributed by atoms with van der Waals surface area (Å²) in [6.45, 7) is 2.79. The van der Waals surface area contributed by atoms with Crippen LogP contribution in [-0.2, 0) is 16.1 Å². The minimum Gasteiger partial charge on any atom is -0.481 e. The molecule has 2 unspecified atom stereocenters. The second kappa shape index (κ2) is 17.5. The largest absolute Gasteiger partial charge is 0.481 e. The Hall–Kier alpha value is -1.39. The molecule has 4 nitrogen and oxygen atoms in total. The number of hydrogen-bond acceptors (Lipinski definition) is 3. The van der Waals surface area contributed by atoms with Gasteiger partial charge in [0.25, 0.3) is 0 Å². The maximum Gasteiger partial charge on any atom is 0.303 e. The van der Waals surface area contributed by atoms with Crippen LogP contribution in [0.3, 0.4) is 0 Å². The summed E-state index contributed by atoms with van der Waals surface area (Å²) < 4.78 is 6.17. The van der Waals surface area contributed by atoms with E-state index in [2.05, 4.69) is 19.1 Å². The second-order valence-corrected chi connectivity index (χ2v) is 8.21. The van der Waals surface area contributed by atoms with Crippen LogP contribution >= 0.6 is 0 Å². The van der Waals surface area contributed by atoms with E-state index in [0.29, 0.717) is 13.0 Å². The SMILES string of the molecule is CCCCCC(O)CC(CCCCCCCCCC(=O)O)OCc1ccccc1. The van der Waals surface area contributed by atoms with Gasteiger partial charge in [-0.3, -0.25) is 4.79 Å². The predicted molar refractivity (Wildman–Crippen MR) is 119 cm³/mol. The molecule has 0 aromatic heterocycles. The number of carboxylic acid groups (broad SMARTS) is 1. The molecule has 4 heteroatoms. The quantitative estimate of drug-likeness (QED) is 0.257.